The molecule has 1 nitrogen and oxygen atoms in total. The normalized spacial score (nSPS) is 9.58. The second kappa shape index (κ2) is 7.36. The molecule has 0 aliphatic rings. The van der Waals surface area contributed by atoms with Gasteiger partial charge in [-0.1, -0.05) is 39.7 Å². The van der Waals surface area contributed by atoms with E-state index in [1.807, 2.05) is 29.2 Å². The van der Waals surface area contributed by atoms with Gasteiger partial charge in [0.2, 0.25) is 0 Å². The maximum atomic E-state index is 5.19. The Labute approximate surface area is 147 Å². The van der Waals surface area contributed by atoms with Crippen molar-refractivity contribution in [2.75, 3.05) is 4.90 Å². The van der Waals surface area contributed by atoms with Crippen LogP contribution in [0.2, 0.25) is 0 Å². The van der Waals surface area contributed by atoms with Gasteiger partial charge in [-0.25, -0.2) is 0 Å². The van der Waals surface area contributed by atoms with E-state index in [4.69, 9.17) is 24.8 Å². The van der Waals surface area contributed by atoms with Crippen molar-refractivity contribution in [2.45, 2.75) is 13.8 Å². The predicted octanol–water partition coefficient (Wildman–Crippen LogP) is 1.28. The molecule has 2 aromatic rings. The number of nitrogens with zero attached hydrogens (tertiary/aromatic N) is 1. The Hall–Kier alpha value is -0.450. The predicted molar refractivity (Wildman–Crippen MR) is 84.5 cm³/mol. The zero-order chi connectivity index (χ0) is 13.1. The van der Waals surface area contributed by atoms with Crippen LogP contribution in [0.1, 0.15) is 11.1 Å². The molecule has 0 fully saturated rings. The zero-order valence-corrected chi connectivity index (χ0v) is 15.0. The molecule has 0 heterocycles. The van der Waals surface area contributed by atoms with Crippen molar-refractivity contribution in [1.29, 1.82) is 0 Å². The molecular formula is C15H14NNaS2. The van der Waals surface area contributed by atoms with Gasteiger partial charge < -0.3 is 29.7 Å². The van der Waals surface area contributed by atoms with Gasteiger partial charge in [0.1, 0.15) is 0 Å². The van der Waals surface area contributed by atoms with Crippen molar-refractivity contribution >= 4 is 40.5 Å². The molecule has 4 heteroatoms. The third kappa shape index (κ3) is 4.26. The first kappa shape index (κ1) is 16.6. The summed E-state index contributed by atoms with van der Waals surface area (Å²) in [5, 5.41) is 0. The molecule has 0 radical (unpaired) electrons. The summed E-state index contributed by atoms with van der Waals surface area (Å²) < 4.78 is 0.433. The molecule has 0 unspecified atom stereocenters. The molecule has 0 amide bonds. The van der Waals surface area contributed by atoms with E-state index in [0.29, 0.717) is 4.32 Å². The van der Waals surface area contributed by atoms with Crippen LogP contribution in [-0.4, -0.2) is 4.32 Å². The van der Waals surface area contributed by atoms with Gasteiger partial charge in [-0.3, -0.25) is 0 Å². The Morgan fingerprint density at radius 1 is 0.842 bits per heavy atom. The quantitative estimate of drug-likeness (QED) is 0.467. The minimum atomic E-state index is 0. The van der Waals surface area contributed by atoms with E-state index < -0.39 is 0 Å². The van der Waals surface area contributed by atoms with Crippen molar-refractivity contribution in [3.05, 3.63) is 59.7 Å². The summed E-state index contributed by atoms with van der Waals surface area (Å²) in [5.74, 6) is 0. The first-order valence-electron chi connectivity index (χ1n) is 5.72. The number of hydrogen-bond acceptors (Lipinski definition) is 2. The van der Waals surface area contributed by atoms with Crippen LogP contribution in [0.5, 0.6) is 0 Å². The Morgan fingerprint density at radius 2 is 1.16 bits per heavy atom. The topological polar surface area (TPSA) is 3.24 Å². The first-order chi connectivity index (χ1) is 8.58. The van der Waals surface area contributed by atoms with Gasteiger partial charge in [0.15, 0.2) is 0 Å². The van der Waals surface area contributed by atoms with Crippen molar-refractivity contribution in [2.24, 2.45) is 0 Å². The molecule has 0 aliphatic heterocycles. The van der Waals surface area contributed by atoms with Crippen LogP contribution >= 0.6 is 12.2 Å². The summed E-state index contributed by atoms with van der Waals surface area (Å²) in [7, 11) is 0. The molecule has 0 bridgehead atoms. The van der Waals surface area contributed by atoms with E-state index in [-0.39, 0.29) is 29.6 Å². The first-order valence-corrected chi connectivity index (χ1v) is 6.54. The van der Waals surface area contributed by atoms with Crippen LogP contribution in [0.4, 0.5) is 11.4 Å². The molecule has 2 aromatic carbocycles. The summed E-state index contributed by atoms with van der Waals surface area (Å²) in [6.45, 7) is 4.12. The fourth-order valence-corrected chi connectivity index (χ4v) is 2.17. The van der Waals surface area contributed by atoms with Crippen LogP contribution in [0.15, 0.2) is 48.5 Å². The molecule has 92 valence electrons. The Kier molecular flexibility index (Phi) is 6.43. The Bertz CT molecular complexity index is 504. The van der Waals surface area contributed by atoms with Crippen molar-refractivity contribution in [3.8, 4) is 0 Å². The van der Waals surface area contributed by atoms with Gasteiger partial charge in [0.05, 0.1) is 0 Å². The average Bonchev–Trinajstić information content (AvgIpc) is 2.34. The van der Waals surface area contributed by atoms with Crippen LogP contribution in [0.25, 0.3) is 0 Å². The second-order valence-corrected chi connectivity index (χ2v) is 5.30. The minimum absolute atomic E-state index is 0. The summed E-state index contributed by atoms with van der Waals surface area (Å²) in [6.07, 6.45) is 0. The molecule has 0 atom stereocenters. The number of benzene rings is 2. The zero-order valence-electron chi connectivity index (χ0n) is 11.4. The van der Waals surface area contributed by atoms with Crippen molar-refractivity contribution in [1.82, 2.24) is 0 Å². The SMILES string of the molecule is Cc1ccc(N(C(=S)[S-])c2ccc(C)cc2)cc1.[Na+]. The van der Waals surface area contributed by atoms with Crippen LogP contribution in [0, 0.1) is 13.8 Å². The number of anilines is 2. The van der Waals surface area contributed by atoms with Crippen molar-refractivity contribution in [3.63, 3.8) is 0 Å². The largest absolute Gasteiger partial charge is 1.00 e. The third-order valence-corrected chi connectivity index (χ3v) is 3.13. The summed E-state index contributed by atoms with van der Waals surface area (Å²) >= 11 is 10.4. The Balaban J connectivity index is 0.00000180. The second-order valence-electron chi connectivity index (χ2n) is 4.27. The van der Waals surface area contributed by atoms with Gasteiger partial charge >= 0.3 is 29.6 Å². The van der Waals surface area contributed by atoms with E-state index in [9.17, 15) is 0 Å². The van der Waals surface area contributed by atoms with E-state index in [0.717, 1.165) is 11.4 Å². The van der Waals surface area contributed by atoms with Crippen LogP contribution < -0.4 is 34.5 Å². The summed E-state index contributed by atoms with van der Waals surface area (Å²) in [5.41, 5.74) is 4.45. The minimum Gasteiger partial charge on any atom is -0.411 e. The van der Waals surface area contributed by atoms with Crippen molar-refractivity contribution < 1.29 is 29.6 Å². The molecule has 0 N–H and O–H groups in total. The third-order valence-electron chi connectivity index (χ3n) is 2.77. The fraction of sp³-hybridized carbons (Fsp3) is 0.133. The van der Waals surface area contributed by atoms with Gasteiger partial charge in [0, 0.05) is 11.4 Å². The number of rotatable bonds is 2. The molecule has 0 aromatic heterocycles. The Morgan fingerprint density at radius 3 is 1.42 bits per heavy atom. The standard InChI is InChI=1S/C15H15NS2.Na/c1-11-3-7-13(8-4-11)16(15(17)18)14-9-5-12(2)6-10-14;/h3-10H,1-2H3,(H,17,18);/q;+1/p-1. The van der Waals surface area contributed by atoms with Gasteiger partial charge in [-0.15, -0.1) is 0 Å². The molecule has 0 saturated carbocycles. The average molecular weight is 295 g/mol. The molecule has 2 rings (SSSR count). The molecule has 19 heavy (non-hydrogen) atoms. The van der Waals surface area contributed by atoms with Gasteiger partial charge in [0.25, 0.3) is 0 Å². The number of hydrogen-bond donors (Lipinski definition) is 0. The smallest absolute Gasteiger partial charge is 0.411 e. The number of aryl methyl sites for hydroxylation is 2. The maximum absolute atomic E-state index is 5.19. The molecule has 0 saturated heterocycles. The van der Waals surface area contributed by atoms with E-state index in [1.165, 1.54) is 11.1 Å². The van der Waals surface area contributed by atoms with Gasteiger partial charge in [-0.05, 0) is 38.1 Å². The summed E-state index contributed by atoms with van der Waals surface area (Å²) in [4.78, 5) is 1.91. The van der Waals surface area contributed by atoms with E-state index in [2.05, 4.69) is 38.1 Å². The molecule has 0 spiro atoms. The number of thiocarbonyl (C=S) groups is 1. The fourth-order valence-electron chi connectivity index (χ4n) is 1.75. The van der Waals surface area contributed by atoms with Crippen LogP contribution in [-0.2, 0) is 12.6 Å². The van der Waals surface area contributed by atoms with E-state index >= 15 is 0 Å². The monoisotopic (exact) mass is 295 g/mol. The van der Waals surface area contributed by atoms with Crippen LogP contribution in [0.3, 0.4) is 0 Å². The molecular weight excluding hydrogens is 281 g/mol. The maximum Gasteiger partial charge on any atom is 1.00 e. The van der Waals surface area contributed by atoms with Gasteiger partial charge in [-0.2, -0.15) is 0 Å². The summed E-state index contributed by atoms with van der Waals surface area (Å²) in [6, 6.07) is 16.4. The van der Waals surface area contributed by atoms with E-state index in [1.54, 1.807) is 0 Å². The molecule has 0 aliphatic carbocycles.